The highest BCUT2D eigenvalue weighted by molar-refractivity contribution is 6.31. The fourth-order valence-electron chi connectivity index (χ4n) is 4.23. The van der Waals surface area contributed by atoms with Crippen LogP contribution in [0.3, 0.4) is 0 Å². The fourth-order valence-corrected chi connectivity index (χ4v) is 4.35. The second kappa shape index (κ2) is 10.1. The van der Waals surface area contributed by atoms with E-state index in [2.05, 4.69) is 31.3 Å². The number of rotatable bonds is 7. The summed E-state index contributed by atoms with van der Waals surface area (Å²) in [5, 5.41) is 13.7. The van der Waals surface area contributed by atoms with Gasteiger partial charge in [-0.15, -0.1) is 0 Å². The van der Waals surface area contributed by atoms with Gasteiger partial charge in [0.25, 0.3) is 5.91 Å². The molecule has 1 amide bonds. The van der Waals surface area contributed by atoms with Gasteiger partial charge in [-0.25, -0.2) is 4.79 Å². The molecule has 0 spiro atoms. The number of carbonyl (C=O) groups is 2. The largest absolute Gasteiger partial charge is 0.480 e. The molecule has 0 fully saturated rings. The van der Waals surface area contributed by atoms with Crippen molar-refractivity contribution in [1.29, 1.82) is 0 Å². The Bertz CT molecular complexity index is 1260. The highest BCUT2D eigenvalue weighted by Gasteiger charge is 2.25. The van der Waals surface area contributed by atoms with Gasteiger partial charge in [-0.3, -0.25) is 4.79 Å². The molecule has 3 aromatic rings. The molecule has 0 radical (unpaired) electrons. The third-order valence-electron chi connectivity index (χ3n) is 6.54. The number of amides is 1. The van der Waals surface area contributed by atoms with Gasteiger partial charge in [0.05, 0.1) is 5.54 Å². The lowest BCUT2D eigenvalue weighted by Crippen LogP contribution is -2.40. The minimum atomic E-state index is -1.03. The molecular weight excluding hydrogens is 460 g/mol. The van der Waals surface area contributed by atoms with Crippen LogP contribution in [0.15, 0.2) is 54.6 Å². The number of likely N-dealkylation sites (N-methyl/N-ethyl adjacent to an activating group) is 1. The molecule has 0 aliphatic heterocycles. The summed E-state index contributed by atoms with van der Waals surface area (Å²) in [7, 11) is 1.52. The zero-order valence-electron chi connectivity index (χ0n) is 21.4. The Morgan fingerprint density at radius 1 is 0.943 bits per heavy atom. The highest BCUT2D eigenvalue weighted by Crippen LogP contribution is 2.32. The Hall–Kier alpha value is -3.31. The Kier molecular flexibility index (Phi) is 7.61. The number of hydrogen-bond donors (Lipinski definition) is 2. The van der Waals surface area contributed by atoms with E-state index in [-0.39, 0.29) is 11.4 Å². The summed E-state index contributed by atoms with van der Waals surface area (Å²) in [6.07, 6.45) is 0. The van der Waals surface area contributed by atoms with Crippen molar-refractivity contribution in [3.05, 3.63) is 87.4 Å². The number of anilines is 1. The summed E-state index contributed by atoms with van der Waals surface area (Å²) in [6, 6.07) is 17.3. The molecule has 0 aliphatic rings. The third-order valence-corrected chi connectivity index (χ3v) is 6.96. The number of nitrogens with zero attached hydrogens (tertiary/aromatic N) is 1. The quantitative estimate of drug-likeness (QED) is 0.379. The van der Waals surface area contributed by atoms with Crippen molar-refractivity contribution in [2.45, 2.75) is 53.1 Å². The van der Waals surface area contributed by atoms with Crippen molar-refractivity contribution < 1.29 is 14.7 Å². The van der Waals surface area contributed by atoms with Crippen molar-refractivity contribution >= 4 is 29.2 Å². The fraction of sp³-hybridized carbons (Fsp3) is 0.310. The molecule has 5 nitrogen and oxygen atoms in total. The number of nitrogens with one attached hydrogen (secondary N) is 1. The van der Waals surface area contributed by atoms with Crippen LogP contribution in [-0.4, -0.2) is 35.0 Å². The maximum atomic E-state index is 13.0. The van der Waals surface area contributed by atoms with E-state index in [0.29, 0.717) is 5.56 Å². The molecule has 0 aromatic heterocycles. The van der Waals surface area contributed by atoms with Crippen molar-refractivity contribution in [3.8, 4) is 11.1 Å². The molecule has 6 heteroatoms. The zero-order valence-corrected chi connectivity index (χ0v) is 22.1. The van der Waals surface area contributed by atoms with Gasteiger partial charge in [0.15, 0.2) is 0 Å². The number of halogens is 1. The van der Waals surface area contributed by atoms with E-state index in [1.807, 2.05) is 63.2 Å². The summed E-state index contributed by atoms with van der Waals surface area (Å²) in [5.41, 5.74) is 7.01. The summed E-state index contributed by atoms with van der Waals surface area (Å²) in [4.78, 5) is 25.6. The lowest BCUT2D eigenvalue weighted by Gasteiger charge is -2.29. The van der Waals surface area contributed by atoms with Crippen LogP contribution in [0.5, 0.6) is 0 Å². The Morgan fingerprint density at radius 3 is 2.14 bits per heavy atom. The Labute approximate surface area is 212 Å². The minimum absolute atomic E-state index is 0.295. The first-order chi connectivity index (χ1) is 16.3. The lowest BCUT2D eigenvalue weighted by molar-refractivity contribution is -0.141. The number of carboxylic acids is 1. The van der Waals surface area contributed by atoms with Crippen molar-refractivity contribution in [2.24, 2.45) is 0 Å². The standard InChI is InChI=1S/C29H33ClN2O3/c1-17-15-23(11-12-25(17)30)29(5,6)31-24-10-8-9-21(16-24)22-13-18(2)26(19(3)14-22)27(33)32(7)20(4)28(34)35/h8-16,20,31H,1-7H3,(H,34,35)/t20-/m0/s1. The number of benzene rings is 3. The molecule has 0 saturated heterocycles. The maximum absolute atomic E-state index is 13.0. The van der Waals surface area contributed by atoms with E-state index in [9.17, 15) is 14.7 Å². The molecule has 2 N–H and O–H groups in total. The molecule has 1 atom stereocenters. The Morgan fingerprint density at radius 2 is 1.57 bits per heavy atom. The molecule has 0 saturated carbocycles. The Balaban J connectivity index is 1.91. The molecule has 184 valence electrons. The average Bonchev–Trinajstić information content (AvgIpc) is 2.78. The van der Waals surface area contributed by atoms with E-state index in [1.165, 1.54) is 18.9 Å². The van der Waals surface area contributed by atoms with Gasteiger partial charge in [0.2, 0.25) is 0 Å². The second-order valence-electron chi connectivity index (χ2n) is 9.71. The van der Waals surface area contributed by atoms with E-state index in [4.69, 9.17) is 11.6 Å². The summed E-state index contributed by atoms with van der Waals surface area (Å²) in [6.45, 7) is 11.5. The van der Waals surface area contributed by atoms with Gasteiger partial charge >= 0.3 is 5.97 Å². The first-order valence-corrected chi connectivity index (χ1v) is 12.0. The minimum Gasteiger partial charge on any atom is -0.480 e. The van der Waals surface area contributed by atoms with Crippen LogP contribution >= 0.6 is 11.6 Å². The number of aryl methyl sites for hydroxylation is 3. The van der Waals surface area contributed by atoms with E-state index in [0.717, 1.165) is 44.1 Å². The average molecular weight is 493 g/mol. The van der Waals surface area contributed by atoms with Crippen molar-refractivity contribution in [3.63, 3.8) is 0 Å². The first kappa shape index (κ1) is 26.3. The van der Waals surface area contributed by atoms with Crippen LogP contribution < -0.4 is 5.32 Å². The molecule has 3 aromatic carbocycles. The molecule has 35 heavy (non-hydrogen) atoms. The van der Waals surface area contributed by atoms with Crippen LogP contribution in [0.25, 0.3) is 11.1 Å². The smallest absolute Gasteiger partial charge is 0.326 e. The van der Waals surface area contributed by atoms with Gasteiger partial charge in [-0.1, -0.05) is 48.0 Å². The monoisotopic (exact) mass is 492 g/mol. The summed E-state index contributed by atoms with van der Waals surface area (Å²) in [5.74, 6) is -1.33. The highest BCUT2D eigenvalue weighted by atomic mass is 35.5. The van der Waals surface area contributed by atoms with Gasteiger partial charge in [-0.05, 0) is 93.1 Å². The predicted molar refractivity (Wildman–Crippen MR) is 143 cm³/mol. The van der Waals surface area contributed by atoms with Gasteiger partial charge in [0.1, 0.15) is 6.04 Å². The number of aliphatic carboxylic acids is 1. The van der Waals surface area contributed by atoms with E-state index in [1.54, 1.807) is 0 Å². The molecular formula is C29H33ClN2O3. The molecule has 3 rings (SSSR count). The van der Waals surface area contributed by atoms with Gasteiger partial charge < -0.3 is 15.3 Å². The van der Waals surface area contributed by atoms with E-state index < -0.39 is 12.0 Å². The first-order valence-electron chi connectivity index (χ1n) is 11.6. The topological polar surface area (TPSA) is 69.6 Å². The van der Waals surface area contributed by atoms with E-state index >= 15 is 0 Å². The zero-order chi connectivity index (χ0) is 26.1. The lowest BCUT2D eigenvalue weighted by atomic mass is 9.92. The van der Waals surface area contributed by atoms with Crippen LogP contribution in [0.1, 0.15) is 53.4 Å². The van der Waals surface area contributed by atoms with Crippen LogP contribution in [0.4, 0.5) is 5.69 Å². The second-order valence-corrected chi connectivity index (χ2v) is 10.1. The maximum Gasteiger partial charge on any atom is 0.326 e. The van der Waals surface area contributed by atoms with Crippen molar-refractivity contribution in [2.75, 3.05) is 12.4 Å². The number of carboxylic acid groups (broad SMARTS) is 1. The predicted octanol–water partition coefficient (Wildman–Crippen LogP) is 6.82. The summed E-state index contributed by atoms with van der Waals surface area (Å²) < 4.78 is 0. The third kappa shape index (κ3) is 5.68. The number of carbonyl (C=O) groups excluding carboxylic acids is 1. The van der Waals surface area contributed by atoms with Crippen LogP contribution in [0, 0.1) is 20.8 Å². The van der Waals surface area contributed by atoms with Gasteiger partial charge in [-0.2, -0.15) is 0 Å². The molecule has 0 aliphatic carbocycles. The van der Waals surface area contributed by atoms with Crippen LogP contribution in [-0.2, 0) is 10.3 Å². The summed E-state index contributed by atoms with van der Waals surface area (Å²) >= 11 is 6.21. The molecule has 0 unspecified atom stereocenters. The van der Waals surface area contributed by atoms with Gasteiger partial charge in [0, 0.05) is 23.3 Å². The van der Waals surface area contributed by atoms with Crippen LogP contribution in [0.2, 0.25) is 5.02 Å². The van der Waals surface area contributed by atoms with Crippen molar-refractivity contribution in [1.82, 2.24) is 4.90 Å². The molecule has 0 heterocycles. The number of hydrogen-bond acceptors (Lipinski definition) is 3. The molecule has 0 bridgehead atoms. The normalized spacial score (nSPS) is 12.2. The SMILES string of the molecule is Cc1cc(C(C)(C)Nc2cccc(-c3cc(C)c(C(=O)N(C)[C@@H](C)C(=O)O)c(C)c3)c2)ccc1Cl.